The Morgan fingerprint density at radius 3 is 3.11 bits per heavy atom. The quantitative estimate of drug-likeness (QED) is 0.840. The van der Waals surface area contributed by atoms with Gasteiger partial charge >= 0.3 is 0 Å². The highest BCUT2D eigenvalue weighted by Crippen LogP contribution is 2.21. The Morgan fingerprint density at radius 2 is 2.42 bits per heavy atom. The van der Waals surface area contributed by atoms with E-state index in [1.54, 1.807) is 6.20 Å². The second kappa shape index (κ2) is 6.48. The van der Waals surface area contributed by atoms with Gasteiger partial charge in [-0.2, -0.15) is 0 Å². The number of anilines is 1. The lowest BCUT2D eigenvalue weighted by atomic mass is 9.90. The highest BCUT2D eigenvalue weighted by molar-refractivity contribution is 9.10. The second-order valence-electron chi connectivity index (χ2n) is 5.13. The summed E-state index contributed by atoms with van der Waals surface area (Å²) in [4.78, 5) is 16.4. The van der Waals surface area contributed by atoms with E-state index in [1.165, 1.54) is 6.42 Å². The Labute approximate surface area is 122 Å². The average molecular weight is 326 g/mol. The van der Waals surface area contributed by atoms with Crippen molar-refractivity contribution < 1.29 is 4.79 Å². The fourth-order valence-electron chi connectivity index (χ4n) is 2.42. The lowest BCUT2D eigenvalue weighted by molar-refractivity contribution is -0.119. The molecule has 19 heavy (non-hydrogen) atoms. The van der Waals surface area contributed by atoms with Gasteiger partial charge in [0.05, 0.1) is 17.9 Å². The minimum absolute atomic E-state index is 0.0432. The largest absolute Gasteiger partial charge is 0.323 e. The molecule has 1 fully saturated rings. The molecule has 0 spiro atoms. The van der Waals surface area contributed by atoms with Crippen molar-refractivity contribution in [1.29, 1.82) is 0 Å². The van der Waals surface area contributed by atoms with Crippen molar-refractivity contribution in [1.82, 2.24) is 10.3 Å². The van der Waals surface area contributed by atoms with E-state index >= 15 is 0 Å². The minimum Gasteiger partial charge on any atom is -0.323 e. The molecule has 0 aliphatic carbocycles. The third-order valence-electron chi connectivity index (χ3n) is 3.69. The zero-order valence-corrected chi connectivity index (χ0v) is 13.0. The Hall–Kier alpha value is -0.940. The van der Waals surface area contributed by atoms with Crippen LogP contribution in [0.5, 0.6) is 0 Å². The van der Waals surface area contributed by atoms with Crippen molar-refractivity contribution in [3.63, 3.8) is 0 Å². The van der Waals surface area contributed by atoms with Crippen LogP contribution in [0, 0.1) is 12.8 Å². The monoisotopic (exact) mass is 325 g/mol. The first-order chi connectivity index (χ1) is 9.10. The normalized spacial score (nSPS) is 23.1. The van der Waals surface area contributed by atoms with Crippen LogP contribution in [-0.2, 0) is 4.79 Å². The van der Waals surface area contributed by atoms with Crippen LogP contribution in [-0.4, -0.2) is 23.5 Å². The zero-order valence-electron chi connectivity index (χ0n) is 11.4. The van der Waals surface area contributed by atoms with Crippen LogP contribution in [0.1, 0.15) is 31.7 Å². The number of carbonyl (C=O) groups excluding carboxylic acids is 1. The SMILES string of the molecule is CCC1CCNC(C(=O)Nc2cnc(Br)c(C)c2)C1. The molecule has 4 nitrogen and oxygen atoms in total. The van der Waals surface area contributed by atoms with Gasteiger partial charge in [0, 0.05) is 0 Å². The Kier molecular flexibility index (Phi) is 4.93. The number of piperidine rings is 1. The molecule has 2 heterocycles. The summed E-state index contributed by atoms with van der Waals surface area (Å²) in [6.07, 6.45) is 4.91. The molecule has 2 atom stereocenters. The van der Waals surface area contributed by atoms with Gasteiger partial charge in [-0.15, -0.1) is 0 Å². The molecular weight excluding hydrogens is 306 g/mol. The Balaban J connectivity index is 1.98. The molecule has 1 aromatic rings. The first-order valence-electron chi connectivity index (χ1n) is 6.76. The molecule has 2 unspecified atom stereocenters. The number of hydrogen-bond donors (Lipinski definition) is 2. The molecule has 1 aromatic heterocycles. The predicted octanol–water partition coefficient (Wildman–Crippen LogP) is 2.87. The Bertz CT molecular complexity index is 464. The van der Waals surface area contributed by atoms with Crippen LogP contribution in [0.3, 0.4) is 0 Å². The third kappa shape index (κ3) is 3.76. The summed E-state index contributed by atoms with van der Waals surface area (Å²) in [6, 6.07) is 1.84. The number of aromatic nitrogens is 1. The van der Waals surface area contributed by atoms with E-state index in [0.29, 0.717) is 5.92 Å². The minimum atomic E-state index is -0.0809. The fraction of sp³-hybridized carbons (Fsp3) is 0.571. The van der Waals surface area contributed by atoms with Crippen LogP contribution < -0.4 is 10.6 Å². The van der Waals surface area contributed by atoms with Gasteiger partial charge in [-0.05, 0) is 59.8 Å². The van der Waals surface area contributed by atoms with Crippen LogP contribution in [0.4, 0.5) is 5.69 Å². The summed E-state index contributed by atoms with van der Waals surface area (Å²) in [5, 5.41) is 6.23. The summed E-state index contributed by atoms with van der Waals surface area (Å²) in [5.41, 5.74) is 1.77. The van der Waals surface area contributed by atoms with Crippen LogP contribution in [0.25, 0.3) is 0 Å². The van der Waals surface area contributed by atoms with Gasteiger partial charge in [0.15, 0.2) is 0 Å². The molecule has 2 N–H and O–H groups in total. The predicted molar refractivity (Wildman–Crippen MR) is 80.1 cm³/mol. The van der Waals surface area contributed by atoms with Crippen molar-refractivity contribution in [3.05, 3.63) is 22.4 Å². The molecular formula is C14H20BrN3O. The molecule has 5 heteroatoms. The number of pyridine rings is 1. The number of nitrogens with one attached hydrogen (secondary N) is 2. The van der Waals surface area contributed by atoms with Gasteiger partial charge in [0.2, 0.25) is 5.91 Å². The first kappa shape index (κ1) is 14.5. The van der Waals surface area contributed by atoms with E-state index in [-0.39, 0.29) is 11.9 Å². The highest BCUT2D eigenvalue weighted by atomic mass is 79.9. The van der Waals surface area contributed by atoms with Gasteiger partial charge in [-0.3, -0.25) is 4.79 Å². The van der Waals surface area contributed by atoms with Crippen LogP contribution in [0.2, 0.25) is 0 Å². The molecule has 104 valence electrons. The van der Waals surface area contributed by atoms with Crippen molar-refractivity contribution in [2.75, 3.05) is 11.9 Å². The van der Waals surface area contributed by atoms with Gasteiger partial charge in [0.1, 0.15) is 4.60 Å². The molecule has 0 aromatic carbocycles. The number of halogens is 1. The molecule has 0 bridgehead atoms. The number of nitrogens with zero attached hydrogens (tertiary/aromatic N) is 1. The molecule has 0 saturated carbocycles. The molecule has 1 amide bonds. The summed E-state index contributed by atoms with van der Waals surface area (Å²) in [5.74, 6) is 0.698. The van der Waals surface area contributed by atoms with E-state index in [0.717, 1.165) is 35.2 Å². The molecule has 1 aliphatic heterocycles. The number of aryl methyl sites for hydroxylation is 1. The summed E-state index contributed by atoms with van der Waals surface area (Å²) >= 11 is 3.35. The number of hydrogen-bond acceptors (Lipinski definition) is 3. The van der Waals surface area contributed by atoms with Crippen LogP contribution >= 0.6 is 15.9 Å². The summed E-state index contributed by atoms with van der Waals surface area (Å²) < 4.78 is 0.812. The van der Waals surface area contributed by atoms with Crippen molar-refractivity contribution in [3.8, 4) is 0 Å². The molecule has 1 saturated heterocycles. The van der Waals surface area contributed by atoms with E-state index in [2.05, 4.69) is 38.5 Å². The Morgan fingerprint density at radius 1 is 1.63 bits per heavy atom. The molecule has 1 aliphatic rings. The van der Waals surface area contributed by atoms with Crippen molar-refractivity contribution in [2.45, 2.75) is 39.2 Å². The van der Waals surface area contributed by atoms with E-state index in [9.17, 15) is 4.79 Å². The van der Waals surface area contributed by atoms with Gasteiger partial charge in [-0.1, -0.05) is 13.3 Å². The first-order valence-corrected chi connectivity index (χ1v) is 7.55. The molecule has 0 radical (unpaired) electrons. The standard InChI is InChI=1S/C14H20BrN3O/c1-3-10-4-5-16-12(7-10)14(19)18-11-6-9(2)13(15)17-8-11/h6,8,10,12,16H,3-5,7H2,1-2H3,(H,18,19). The number of amides is 1. The summed E-state index contributed by atoms with van der Waals surface area (Å²) in [6.45, 7) is 5.07. The van der Waals surface area contributed by atoms with Gasteiger partial charge in [0.25, 0.3) is 0 Å². The van der Waals surface area contributed by atoms with E-state index in [1.807, 2.05) is 13.0 Å². The second-order valence-corrected chi connectivity index (χ2v) is 5.88. The van der Waals surface area contributed by atoms with Gasteiger partial charge < -0.3 is 10.6 Å². The maximum absolute atomic E-state index is 12.2. The van der Waals surface area contributed by atoms with Crippen molar-refractivity contribution in [2.24, 2.45) is 5.92 Å². The maximum Gasteiger partial charge on any atom is 0.241 e. The zero-order chi connectivity index (χ0) is 13.8. The van der Waals surface area contributed by atoms with Gasteiger partial charge in [-0.25, -0.2) is 4.98 Å². The highest BCUT2D eigenvalue weighted by Gasteiger charge is 2.25. The third-order valence-corrected chi connectivity index (χ3v) is 4.52. The average Bonchev–Trinajstić information content (AvgIpc) is 2.43. The lowest BCUT2D eigenvalue weighted by Crippen LogP contribution is -2.46. The van der Waals surface area contributed by atoms with E-state index < -0.39 is 0 Å². The maximum atomic E-state index is 12.2. The number of carbonyl (C=O) groups is 1. The van der Waals surface area contributed by atoms with E-state index in [4.69, 9.17) is 0 Å². The summed E-state index contributed by atoms with van der Waals surface area (Å²) in [7, 11) is 0. The topological polar surface area (TPSA) is 54.0 Å². The lowest BCUT2D eigenvalue weighted by Gasteiger charge is -2.28. The number of rotatable bonds is 3. The fourth-order valence-corrected chi connectivity index (χ4v) is 2.64. The van der Waals surface area contributed by atoms with Crippen LogP contribution in [0.15, 0.2) is 16.9 Å². The van der Waals surface area contributed by atoms with Crippen molar-refractivity contribution >= 4 is 27.5 Å². The smallest absolute Gasteiger partial charge is 0.241 e. The molecule has 2 rings (SSSR count).